The third-order valence-electron chi connectivity index (χ3n) is 2.31. The number of rotatable bonds is 5. The summed E-state index contributed by atoms with van der Waals surface area (Å²) < 4.78 is 40.5. The van der Waals surface area contributed by atoms with Crippen LogP contribution in [0.15, 0.2) is 24.3 Å². The Hall–Kier alpha value is -2.25. The third kappa shape index (κ3) is 4.79. The van der Waals surface area contributed by atoms with Crippen molar-refractivity contribution in [3.05, 3.63) is 29.8 Å². The van der Waals surface area contributed by atoms with Gasteiger partial charge in [-0.1, -0.05) is 0 Å². The zero-order valence-corrected chi connectivity index (χ0v) is 10.6. The van der Waals surface area contributed by atoms with Crippen LogP contribution in [0.2, 0.25) is 0 Å². The van der Waals surface area contributed by atoms with Gasteiger partial charge in [0, 0.05) is 18.7 Å². The molecule has 0 atom stereocenters. The van der Waals surface area contributed by atoms with Crippen LogP contribution in [0.3, 0.4) is 0 Å². The van der Waals surface area contributed by atoms with E-state index in [4.69, 9.17) is 4.74 Å². The largest absolute Gasteiger partial charge is 0.497 e. The molecule has 0 aliphatic heterocycles. The predicted molar refractivity (Wildman–Crippen MR) is 64.4 cm³/mol. The molecule has 1 rings (SSSR count). The molecule has 0 radical (unpaired) electrons. The van der Waals surface area contributed by atoms with E-state index in [1.165, 1.54) is 19.2 Å². The van der Waals surface area contributed by atoms with Gasteiger partial charge in [0.05, 0.1) is 7.11 Å². The lowest BCUT2D eigenvalue weighted by atomic mass is 10.2. The van der Waals surface area contributed by atoms with E-state index in [1.54, 1.807) is 17.4 Å². The van der Waals surface area contributed by atoms with Crippen molar-refractivity contribution in [1.29, 1.82) is 0 Å². The van der Waals surface area contributed by atoms with Gasteiger partial charge in [0.2, 0.25) is 0 Å². The lowest BCUT2D eigenvalue weighted by molar-refractivity contribution is -0.173. The summed E-state index contributed by atoms with van der Waals surface area (Å²) in [5, 5.41) is 4.03. The number of hydrogen-bond acceptors (Lipinski definition) is 3. The zero-order valence-electron chi connectivity index (χ0n) is 10.6. The molecule has 0 spiro atoms. The van der Waals surface area contributed by atoms with Crippen LogP contribution in [0.25, 0.3) is 0 Å². The molecule has 2 N–H and O–H groups in total. The molecule has 0 fully saturated rings. The van der Waals surface area contributed by atoms with Crippen molar-refractivity contribution in [2.45, 2.75) is 6.18 Å². The molecule has 0 saturated heterocycles. The fraction of sp³-hybridized carbons (Fsp3) is 0.333. The minimum Gasteiger partial charge on any atom is -0.497 e. The van der Waals surface area contributed by atoms with Gasteiger partial charge in [0.1, 0.15) is 5.75 Å². The molecule has 110 valence electrons. The predicted octanol–water partition coefficient (Wildman–Crippen LogP) is 1.10. The molecule has 8 heteroatoms. The van der Waals surface area contributed by atoms with Gasteiger partial charge >= 0.3 is 12.1 Å². The molecule has 0 aromatic heterocycles. The van der Waals surface area contributed by atoms with Crippen molar-refractivity contribution in [2.24, 2.45) is 0 Å². The number of nitrogens with one attached hydrogen (secondary N) is 2. The Balaban J connectivity index is 2.35. The van der Waals surface area contributed by atoms with Crippen LogP contribution in [-0.2, 0) is 4.79 Å². The minimum atomic E-state index is -4.92. The summed E-state index contributed by atoms with van der Waals surface area (Å²) in [7, 11) is 1.48. The first-order chi connectivity index (χ1) is 9.34. The van der Waals surface area contributed by atoms with E-state index >= 15 is 0 Å². The molecule has 0 unspecified atom stereocenters. The van der Waals surface area contributed by atoms with Crippen LogP contribution in [0.4, 0.5) is 13.2 Å². The number of alkyl halides is 3. The number of hydrogen-bond donors (Lipinski definition) is 2. The molecule has 0 heterocycles. The molecule has 0 aliphatic rings. The molecule has 0 aliphatic carbocycles. The number of halogens is 3. The average Bonchev–Trinajstić information content (AvgIpc) is 2.42. The van der Waals surface area contributed by atoms with Crippen molar-refractivity contribution in [2.75, 3.05) is 20.2 Å². The Morgan fingerprint density at radius 3 is 2.15 bits per heavy atom. The summed E-state index contributed by atoms with van der Waals surface area (Å²) in [6.45, 7) is -0.410. The van der Waals surface area contributed by atoms with E-state index < -0.39 is 18.0 Å². The molecule has 20 heavy (non-hydrogen) atoms. The Bertz CT molecular complexity index is 472. The van der Waals surface area contributed by atoms with Crippen molar-refractivity contribution in [3.63, 3.8) is 0 Å². The molecule has 5 nitrogen and oxygen atoms in total. The highest BCUT2D eigenvalue weighted by molar-refractivity contribution is 5.94. The molecule has 0 saturated carbocycles. The molecular weight excluding hydrogens is 277 g/mol. The second-order valence-corrected chi connectivity index (χ2v) is 3.74. The summed E-state index contributed by atoms with van der Waals surface area (Å²) in [6.07, 6.45) is -4.92. The summed E-state index contributed by atoms with van der Waals surface area (Å²) in [6, 6.07) is 6.20. The Morgan fingerprint density at radius 1 is 1.10 bits per heavy atom. The first kappa shape index (κ1) is 15.8. The van der Waals surface area contributed by atoms with E-state index in [2.05, 4.69) is 5.32 Å². The van der Waals surface area contributed by atoms with Gasteiger partial charge in [-0.15, -0.1) is 0 Å². The average molecular weight is 290 g/mol. The van der Waals surface area contributed by atoms with Gasteiger partial charge in [-0.25, -0.2) is 0 Å². The first-order valence-corrected chi connectivity index (χ1v) is 5.62. The number of amides is 2. The van der Waals surface area contributed by atoms with E-state index in [0.717, 1.165) is 0 Å². The maximum absolute atomic E-state index is 11.9. The number of carbonyl (C=O) groups is 2. The Labute approximate surface area is 113 Å². The van der Waals surface area contributed by atoms with Crippen LogP contribution in [0.5, 0.6) is 5.75 Å². The van der Waals surface area contributed by atoms with Crippen molar-refractivity contribution < 1.29 is 27.5 Å². The summed E-state index contributed by atoms with van der Waals surface area (Å²) in [4.78, 5) is 22.1. The second-order valence-electron chi connectivity index (χ2n) is 3.74. The first-order valence-electron chi connectivity index (χ1n) is 5.62. The third-order valence-corrected chi connectivity index (χ3v) is 2.31. The summed E-state index contributed by atoms with van der Waals surface area (Å²) >= 11 is 0. The van der Waals surface area contributed by atoms with E-state index in [-0.39, 0.29) is 13.1 Å². The Morgan fingerprint density at radius 2 is 1.65 bits per heavy atom. The standard InChI is InChI=1S/C12H13F3N2O3/c1-20-9-4-2-8(3-5-9)10(18)16-6-7-17-11(19)12(13,14)15/h2-5H,6-7H2,1H3,(H,16,18)(H,17,19). The highest BCUT2D eigenvalue weighted by Crippen LogP contribution is 2.13. The SMILES string of the molecule is COc1ccc(C(=O)NCCNC(=O)C(F)(F)F)cc1. The number of carbonyl (C=O) groups excluding carboxylic acids is 2. The van der Waals surface area contributed by atoms with Crippen LogP contribution >= 0.6 is 0 Å². The summed E-state index contributed by atoms with van der Waals surface area (Å²) in [5.74, 6) is -1.90. The van der Waals surface area contributed by atoms with Gasteiger partial charge in [0.25, 0.3) is 5.91 Å². The van der Waals surface area contributed by atoms with Gasteiger partial charge in [-0.3, -0.25) is 9.59 Å². The van der Waals surface area contributed by atoms with Crippen LogP contribution in [0.1, 0.15) is 10.4 Å². The highest BCUT2D eigenvalue weighted by Gasteiger charge is 2.38. The lowest BCUT2D eigenvalue weighted by Gasteiger charge is -2.09. The van der Waals surface area contributed by atoms with E-state index in [9.17, 15) is 22.8 Å². The number of methoxy groups -OCH3 is 1. The molecule has 1 aromatic carbocycles. The maximum atomic E-state index is 11.9. The quantitative estimate of drug-likeness (QED) is 0.798. The summed E-state index contributed by atoms with van der Waals surface area (Å²) in [5.41, 5.74) is 0.341. The second kappa shape index (κ2) is 6.78. The fourth-order valence-corrected chi connectivity index (χ4v) is 1.30. The van der Waals surface area contributed by atoms with Gasteiger partial charge in [-0.2, -0.15) is 13.2 Å². The maximum Gasteiger partial charge on any atom is 0.471 e. The molecular formula is C12H13F3N2O3. The number of ether oxygens (including phenoxy) is 1. The highest BCUT2D eigenvalue weighted by atomic mass is 19.4. The lowest BCUT2D eigenvalue weighted by Crippen LogP contribution is -2.41. The molecule has 0 bridgehead atoms. The van der Waals surface area contributed by atoms with Crippen LogP contribution in [0, 0.1) is 0 Å². The molecule has 2 amide bonds. The van der Waals surface area contributed by atoms with Crippen molar-refractivity contribution in [3.8, 4) is 5.75 Å². The van der Waals surface area contributed by atoms with Crippen molar-refractivity contribution in [1.82, 2.24) is 10.6 Å². The zero-order chi connectivity index (χ0) is 15.2. The minimum absolute atomic E-state index is 0.104. The molecule has 1 aromatic rings. The monoisotopic (exact) mass is 290 g/mol. The van der Waals surface area contributed by atoms with Crippen LogP contribution < -0.4 is 15.4 Å². The topological polar surface area (TPSA) is 67.4 Å². The van der Waals surface area contributed by atoms with E-state index in [1.807, 2.05) is 0 Å². The normalized spacial score (nSPS) is 10.8. The van der Waals surface area contributed by atoms with Gasteiger partial charge < -0.3 is 15.4 Å². The van der Waals surface area contributed by atoms with Crippen LogP contribution in [-0.4, -0.2) is 38.2 Å². The van der Waals surface area contributed by atoms with E-state index in [0.29, 0.717) is 11.3 Å². The number of benzene rings is 1. The van der Waals surface area contributed by atoms with Gasteiger partial charge in [0.15, 0.2) is 0 Å². The van der Waals surface area contributed by atoms with Gasteiger partial charge in [-0.05, 0) is 24.3 Å². The fourth-order valence-electron chi connectivity index (χ4n) is 1.30. The Kier molecular flexibility index (Phi) is 5.36. The smallest absolute Gasteiger partial charge is 0.471 e. The van der Waals surface area contributed by atoms with Crippen molar-refractivity contribution >= 4 is 11.8 Å².